The fourth-order valence-corrected chi connectivity index (χ4v) is 2.52. The molecule has 2 atom stereocenters. The Kier molecular flexibility index (Phi) is 6.44. The molecule has 0 bridgehead atoms. The molecule has 0 aromatic heterocycles. The second-order valence-corrected chi connectivity index (χ2v) is 5.75. The molecule has 2 unspecified atom stereocenters. The number of hydrogen-bond acceptors (Lipinski definition) is 0. The Morgan fingerprint density at radius 1 is 1.13 bits per heavy atom. The molecular weight excluding hydrogens is 323 g/mol. The number of alkyl halides is 5. The van der Waals surface area contributed by atoms with Crippen LogP contribution in [0.5, 0.6) is 0 Å². The predicted molar refractivity (Wildman–Crippen MR) is 62.1 cm³/mol. The maximum absolute atomic E-state index is 13.2. The molecule has 0 aliphatic heterocycles. The summed E-state index contributed by atoms with van der Waals surface area (Å²) in [5.74, 6) is 0. The van der Waals surface area contributed by atoms with Crippen molar-refractivity contribution >= 4 is 22.6 Å². The largest absolute Gasteiger partial charge is 0.422 e. The van der Waals surface area contributed by atoms with Gasteiger partial charge >= 0.3 is 6.18 Å². The van der Waals surface area contributed by atoms with Crippen LogP contribution in [0.2, 0.25) is 0 Å². The first-order chi connectivity index (χ1) is 6.70. The van der Waals surface area contributed by atoms with Crippen molar-refractivity contribution in [1.29, 1.82) is 0 Å². The molecule has 0 N–H and O–H groups in total. The van der Waals surface area contributed by atoms with Crippen LogP contribution >= 0.6 is 22.6 Å². The van der Waals surface area contributed by atoms with Crippen LogP contribution in [0.4, 0.5) is 17.6 Å². The van der Waals surface area contributed by atoms with E-state index in [2.05, 4.69) is 0 Å². The minimum atomic E-state index is -4.75. The summed E-state index contributed by atoms with van der Waals surface area (Å²) < 4.78 is 49.6. The van der Waals surface area contributed by atoms with Gasteiger partial charge in [0.1, 0.15) is 0 Å². The van der Waals surface area contributed by atoms with E-state index in [1.165, 1.54) is 0 Å². The third-order valence-corrected chi connectivity index (χ3v) is 3.38. The quantitative estimate of drug-likeness (QED) is 0.275. The molecule has 5 heteroatoms. The van der Waals surface area contributed by atoms with Gasteiger partial charge in [-0.2, -0.15) is 13.2 Å². The summed E-state index contributed by atoms with van der Waals surface area (Å²) in [4.78, 5) is 0. The van der Waals surface area contributed by atoms with E-state index in [-0.39, 0.29) is 3.92 Å². The first-order valence-corrected chi connectivity index (χ1v) is 6.35. The summed E-state index contributed by atoms with van der Waals surface area (Å²) >= 11 is 1.91. The van der Waals surface area contributed by atoms with Crippen molar-refractivity contribution in [3.05, 3.63) is 0 Å². The second kappa shape index (κ2) is 6.25. The van der Waals surface area contributed by atoms with Gasteiger partial charge in [-0.05, 0) is 13.3 Å². The van der Waals surface area contributed by atoms with Gasteiger partial charge in [0, 0.05) is 10.3 Å². The zero-order chi connectivity index (χ0) is 12.1. The molecule has 0 saturated carbocycles. The van der Waals surface area contributed by atoms with Crippen molar-refractivity contribution in [2.24, 2.45) is 0 Å². The van der Waals surface area contributed by atoms with Crippen molar-refractivity contribution in [2.45, 2.75) is 61.7 Å². The van der Waals surface area contributed by atoms with Gasteiger partial charge in [0.2, 0.25) is 5.67 Å². The average Bonchev–Trinajstić information content (AvgIpc) is 2.01. The van der Waals surface area contributed by atoms with Gasteiger partial charge in [-0.3, -0.25) is 0 Å². The Morgan fingerprint density at radius 2 is 1.67 bits per heavy atom. The maximum Gasteiger partial charge on any atom is 0.422 e. The Morgan fingerprint density at radius 3 is 2.07 bits per heavy atom. The number of hydrogen-bond donors (Lipinski definition) is 0. The molecule has 0 nitrogen and oxygen atoms in total. The lowest BCUT2D eigenvalue weighted by Gasteiger charge is -2.25. The summed E-state index contributed by atoms with van der Waals surface area (Å²) in [5, 5.41) is 0. The van der Waals surface area contributed by atoms with Crippen LogP contribution in [0.3, 0.4) is 0 Å². The molecule has 0 aromatic rings. The molecule has 0 radical (unpaired) electrons. The monoisotopic (exact) mass is 340 g/mol. The van der Waals surface area contributed by atoms with Crippen molar-refractivity contribution in [1.82, 2.24) is 0 Å². The van der Waals surface area contributed by atoms with Crippen LogP contribution in [0.1, 0.15) is 46.0 Å². The van der Waals surface area contributed by atoms with Crippen molar-refractivity contribution in [3.8, 4) is 0 Å². The predicted octanol–water partition coefficient (Wildman–Crippen LogP) is 5.05. The summed E-state index contributed by atoms with van der Waals surface area (Å²) in [6.45, 7) is 2.65. The van der Waals surface area contributed by atoms with Gasteiger partial charge in [-0.1, -0.05) is 48.8 Å². The van der Waals surface area contributed by atoms with E-state index in [4.69, 9.17) is 0 Å². The fraction of sp³-hybridized carbons (Fsp3) is 1.00. The first kappa shape index (κ1) is 15.4. The van der Waals surface area contributed by atoms with E-state index < -0.39 is 18.3 Å². The van der Waals surface area contributed by atoms with E-state index in [0.717, 1.165) is 19.3 Å². The molecule has 0 aromatic carbocycles. The highest BCUT2D eigenvalue weighted by molar-refractivity contribution is 14.1. The lowest BCUT2D eigenvalue weighted by Crippen LogP contribution is -2.39. The van der Waals surface area contributed by atoms with Gasteiger partial charge in [-0.25, -0.2) is 4.39 Å². The van der Waals surface area contributed by atoms with Gasteiger partial charge < -0.3 is 0 Å². The SMILES string of the molecule is CCCCCC(I)CC(C)(F)C(F)(F)F. The van der Waals surface area contributed by atoms with Crippen LogP contribution in [0.25, 0.3) is 0 Å². The topological polar surface area (TPSA) is 0 Å². The molecule has 0 aliphatic carbocycles. The van der Waals surface area contributed by atoms with Crippen LogP contribution in [-0.4, -0.2) is 15.8 Å². The third kappa shape index (κ3) is 5.92. The summed E-state index contributed by atoms with van der Waals surface area (Å²) in [5.41, 5.74) is -3.05. The van der Waals surface area contributed by atoms with Crippen LogP contribution in [0, 0.1) is 0 Å². The molecule has 0 heterocycles. The average molecular weight is 340 g/mol. The molecule has 0 spiro atoms. The van der Waals surface area contributed by atoms with Crippen molar-refractivity contribution < 1.29 is 17.6 Å². The smallest absolute Gasteiger partial charge is 0.234 e. The molecule has 92 valence electrons. The normalized spacial score (nSPS) is 18.6. The standard InChI is InChI=1S/C10H17F4I/c1-3-4-5-6-8(15)7-9(2,11)10(12,13)14/h8H,3-7H2,1-2H3. The lowest BCUT2D eigenvalue weighted by molar-refractivity contribution is -0.225. The Bertz CT molecular complexity index is 177. The fourth-order valence-electron chi connectivity index (χ4n) is 1.25. The summed E-state index contributed by atoms with van der Waals surface area (Å²) in [7, 11) is 0. The Hall–Kier alpha value is 0.450. The maximum atomic E-state index is 13.2. The van der Waals surface area contributed by atoms with Gasteiger partial charge in [0.05, 0.1) is 0 Å². The highest BCUT2D eigenvalue weighted by Crippen LogP contribution is 2.39. The summed E-state index contributed by atoms with van der Waals surface area (Å²) in [6.07, 6.45) is -1.64. The minimum absolute atomic E-state index is 0.245. The second-order valence-electron chi connectivity index (χ2n) is 3.99. The van der Waals surface area contributed by atoms with Gasteiger partial charge in [0.15, 0.2) is 0 Å². The van der Waals surface area contributed by atoms with Crippen LogP contribution in [-0.2, 0) is 0 Å². The van der Waals surface area contributed by atoms with Crippen molar-refractivity contribution in [3.63, 3.8) is 0 Å². The van der Waals surface area contributed by atoms with Gasteiger partial charge in [-0.15, -0.1) is 0 Å². The molecule has 0 aliphatic rings. The zero-order valence-electron chi connectivity index (χ0n) is 9.00. The number of rotatable bonds is 6. The van der Waals surface area contributed by atoms with E-state index in [1.807, 2.05) is 29.5 Å². The molecule has 0 saturated heterocycles. The molecule has 0 rings (SSSR count). The molecule has 15 heavy (non-hydrogen) atoms. The van der Waals surface area contributed by atoms with E-state index in [1.54, 1.807) is 0 Å². The number of unbranched alkanes of at least 4 members (excludes halogenated alkanes) is 2. The third-order valence-electron chi connectivity index (χ3n) is 2.32. The van der Waals surface area contributed by atoms with Gasteiger partial charge in [0.25, 0.3) is 0 Å². The molecular formula is C10H17F4I. The van der Waals surface area contributed by atoms with Crippen molar-refractivity contribution in [2.75, 3.05) is 0 Å². The van der Waals surface area contributed by atoms with E-state index in [0.29, 0.717) is 13.3 Å². The summed E-state index contributed by atoms with van der Waals surface area (Å²) in [6, 6.07) is 0. The zero-order valence-corrected chi connectivity index (χ0v) is 11.2. The minimum Gasteiger partial charge on any atom is -0.234 e. The highest BCUT2D eigenvalue weighted by Gasteiger charge is 2.52. The van der Waals surface area contributed by atoms with E-state index >= 15 is 0 Å². The molecule has 0 fully saturated rings. The van der Waals surface area contributed by atoms with E-state index in [9.17, 15) is 17.6 Å². The van der Waals surface area contributed by atoms with Crippen LogP contribution in [0.15, 0.2) is 0 Å². The Labute approximate surface area is 102 Å². The first-order valence-electron chi connectivity index (χ1n) is 5.10. The lowest BCUT2D eigenvalue weighted by atomic mass is 9.99. The number of halogens is 5. The highest BCUT2D eigenvalue weighted by atomic mass is 127. The molecule has 0 amide bonds. The Balaban J connectivity index is 3.99. The van der Waals surface area contributed by atoms with Crippen LogP contribution < -0.4 is 0 Å².